The van der Waals surface area contributed by atoms with Gasteiger partial charge in [0.05, 0.1) is 7.11 Å². The van der Waals surface area contributed by atoms with E-state index in [9.17, 15) is 4.79 Å². The zero-order valence-electron chi connectivity index (χ0n) is 17.7. The standard InChI is InChI=1S/C24H26N2O3S2/c1-16-3-5-17(6-4-16)14-25-9-10-26(24(30)31)19(15-25)11-18-12-23(27)29-22-13-20(28-2)7-8-21(18)22/h3-8,12-13,19H,9-11,14-15H2,1-2H3,(H,30,31). The van der Waals surface area contributed by atoms with Gasteiger partial charge in [0, 0.05) is 49.7 Å². The van der Waals surface area contributed by atoms with Gasteiger partial charge >= 0.3 is 5.63 Å². The third kappa shape index (κ3) is 5.11. The number of benzene rings is 2. The molecule has 1 fully saturated rings. The quantitative estimate of drug-likeness (QED) is 0.357. The van der Waals surface area contributed by atoms with Crippen molar-refractivity contribution < 1.29 is 9.15 Å². The summed E-state index contributed by atoms with van der Waals surface area (Å²) in [5.74, 6) is 0.660. The Bertz CT molecular complexity index is 1140. The molecule has 31 heavy (non-hydrogen) atoms. The number of hydrogen-bond donors (Lipinski definition) is 1. The molecule has 4 rings (SSSR count). The number of fused-ring (bicyclic) bond motifs is 1. The Balaban J connectivity index is 1.60. The minimum atomic E-state index is -0.358. The van der Waals surface area contributed by atoms with E-state index in [0.29, 0.717) is 22.1 Å². The normalized spacial score (nSPS) is 17.1. The van der Waals surface area contributed by atoms with E-state index in [1.165, 1.54) is 11.1 Å². The Morgan fingerprint density at radius 2 is 1.97 bits per heavy atom. The molecule has 0 aliphatic carbocycles. The summed E-state index contributed by atoms with van der Waals surface area (Å²) in [7, 11) is 1.60. The van der Waals surface area contributed by atoms with E-state index in [-0.39, 0.29) is 11.7 Å². The fraction of sp³-hybridized carbons (Fsp3) is 0.333. The molecule has 0 spiro atoms. The largest absolute Gasteiger partial charge is 0.497 e. The van der Waals surface area contributed by atoms with Crippen LogP contribution in [0.3, 0.4) is 0 Å². The van der Waals surface area contributed by atoms with E-state index >= 15 is 0 Å². The molecule has 1 aliphatic heterocycles. The molecule has 1 atom stereocenters. The second kappa shape index (κ2) is 9.42. The van der Waals surface area contributed by atoms with Gasteiger partial charge in [-0.2, -0.15) is 0 Å². The number of thiol groups is 1. The molecule has 0 saturated carbocycles. The lowest BCUT2D eigenvalue weighted by atomic mass is 9.99. The van der Waals surface area contributed by atoms with Crippen molar-refractivity contribution >= 4 is 40.1 Å². The lowest BCUT2D eigenvalue weighted by molar-refractivity contribution is 0.125. The van der Waals surface area contributed by atoms with E-state index < -0.39 is 0 Å². The maximum Gasteiger partial charge on any atom is 0.336 e. The number of ether oxygens (including phenoxy) is 1. The molecule has 1 aromatic heterocycles. The van der Waals surface area contributed by atoms with E-state index in [4.69, 9.17) is 21.4 Å². The smallest absolute Gasteiger partial charge is 0.336 e. The van der Waals surface area contributed by atoms with E-state index in [2.05, 4.69) is 53.6 Å². The highest BCUT2D eigenvalue weighted by Crippen LogP contribution is 2.26. The predicted octanol–water partition coefficient (Wildman–Crippen LogP) is 4.05. The minimum absolute atomic E-state index is 0.122. The average Bonchev–Trinajstić information content (AvgIpc) is 2.74. The number of thiocarbonyl (C=S) groups is 1. The number of aryl methyl sites for hydroxylation is 1. The molecule has 5 nitrogen and oxygen atoms in total. The monoisotopic (exact) mass is 454 g/mol. The minimum Gasteiger partial charge on any atom is -0.497 e. The summed E-state index contributed by atoms with van der Waals surface area (Å²) in [6.07, 6.45) is 0.680. The summed E-state index contributed by atoms with van der Waals surface area (Å²) < 4.78 is 11.3. The lowest BCUT2D eigenvalue weighted by Gasteiger charge is -2.42. The number of methoxy groups -OCH3 is 1. The van der Waals surface area contributed by atoms with E-state index in [0.717, 1.165) is 37.1 Å². The van der Waals surface area contributed by atoms with Crippen LogP contribution in [0.25, 0.3) is 11.0 Å². The zero-order valence-corrected chi connectivity index (χ0v) is 19.4. The number of nitrogens with zero attached hydrogens (tertiary/aromatic N) is 2. The van der Waals surface area contributed by atoms with Crippen LogP contribution in [0.2, 0.25) is 0 Å². The first-order valence-electron chi connectivity index (χ1n) is 10.3. The second-order valence-electron chi connectivity index (χ2n) is 8.01. The van der Waals surface area contributed by atoms with Crippen molar-refractivity contribution in [3.05, 3.63) is 75.6 Å². The Labute approximate surface area is 193 Å². The van der Waals surface area contributed by atoms with Crippen LogP contribution in [-0.2, 0) is 13.0 Å². The first-order valence-corrected chi connectivity index (χ1v) is 11.2. The SMILES string of the molecule is COc1ccc2c(CC3CN(Cc4ccc(C)cc4)CCN3C(=S)S)cc(=O)oc2c1. The molecular weight excluding hydrogens is 428 g/mol. The molecule has 0 amide bonds. The molecule has 162 valence electrons. The average molecular weight is 455 g/mol. The topological polar surface area (TPSA) is 45.9 Å². The summed E-state index contributed by atoms with van der Waals surface area (Å²) in [6, 6.07) is 16.0. The van der Waals surface area contributed by atoms with Gasteiger partial charge in [-0.25, -0.2) is 4.79 Å². The van der Waals surface area contributed by atoms with Crippen LogP contribution in [-0.4, -0.2) is 46.9 Å². The number of rotatable bonds is 5. The molecular formula is C24H26N2O3S2. The highest BCUT2D eigenvalue weighted by molar-refractivity contribution is 8.10. The molecule has 0 N–H and O–H groups in total. The van der Waals surface area contributed by atoms with Crippen molar-refractivity contribution in [2.24, 2.45) is 0 Å². The molecule has 1 aliphatic rings. The van der Waals surface area contributed by atoms with Crippen LogP contribution < -0.4 is 10.4 Å². The van der Waals surface area contributed by atoms with Crippen LogP contribution >= 0.6 is 24.8 Å². The van der Waals surface area contributed by atoms with Crippen LogP contribution in [0.15, 0.2) is 57.7 Å². The Hall–Kier alpha value is -2.35. The molecule has 2 aromatic carbocycles. The van der Waals surface area contributed by atoms with E-state index in [1.54, 1.807) is 19.2 Å². The highest BCUT2D eigenvalue weighted by atomic mass is 32.1. The molecule has 1 unspecified atom stereocenters. The van der Waals surface area contributed by atoms with Crippen LogP contribution in [0.1, 0.15) is 16.7 Å². The Morgan fingerprint density at radius 3 is 2.68 bits per heavy atom. The van der Waals surface area contributed by atoms with Gasteiger partial charge in [-0.05, 0) is 36.6 Å². The lowest BCUT2D eigenvalue weighted by Crippen LogP contribution is -2.54. The van der Waals surface area contributed by atoms with Crippen molar-refractivity contribution in [2.45, 2.75) is 25.9 Å². The zero-order chi connectivity index (χ0) is 22.0. The Morgan fingerprint density at radius 1 is 1.19 bits per heavy atom. The third-order valence-corrected chi connectivity index (χ3v) is 6.32. The second-order valence-corrected chi connectivity index (χ2v) is 9.12. The van der Waals surface area contributed by atoms with Crippen LogP contribution in [0.4, 0.5) is 0 Å². The van der Waals surface area contributed by atoms with Gasteiger partial charge in [-0.1, -0.05) is 42.0 Å². The highest BCUT2D eigenvalue weighted by Gasteiger charge is 2.28. The van der Waals surface area contributed by atoms with Crippen LogP contribution in [0, 0.1) is 6.92 Å². The molecule has 2 heterocycles. The van der Waals surface area contributed by atoms with Gasteiger partial charge in [0.2, 0.25) is 0 Å². The van der Waals surface area contributed by atoms with Crippen LogP contribution in [0.5, 0.6) is 5.75 Å². The van der Waals surface area contributed by atoms with Gasteiger partial charge in [-0.15, -0.1) is 12.6 Å². The Kier molecular flexibility index (Phi) is 6.65. The summed E-state index contributed by atoms with van der Waals surface area (Å²) in [5.41, 5.74) is 3.69. The first kappa shape index (κ1) is 21.9. The molecule has 7 heteroatoms. The van der Waals surface area contributed by atoms with Gasteiger partial charge in [0.15, 0.2) is 0 Å². The fourth-order valence-electron chi connectivity index (χ4n) is 4.20. The summed E-state index contributed by atoms with van der Waals surface area (Å²) >= 11 is 9.89. The van der Waals surface area contributed by atoms with Crippen molar-refractivity contribution in [1.82, 2.24) is 9.80 Å². The fourth-order valence-corrected chi connectivity index (χ4v) is 4.71. The van der Waals surface area contributed by atoms with Gasteiger partial charge in [-0.3, -0.25) is 4.90 Å². The summed E-state index contributed by atoms with van der Waals surface area (Å²) in [5, 5.41) is 0.918. The number of piperazine rings is 1. The molecule has 3 aromatic rings. The summed E-state index contributed by atoms with van der Waals surface area (Å²) in [6.45, 7) is 5.56. The maximum absolute atomic E-state index is 12.2. The van der Waals surface area contributed by atoms with Gasteiger partial charge in [0.25, 0.3) is 0 Å². The van der Waals surface area contributed by atoms with Crippen molar-refractivity contribution in [3.8, 4) is 5.75 Å². The maximum atomic E-state index is 12.2. The molecule has 0 bridgehead atoms. The van der Waals surface area contributed by atoms with Crippen molar-refractivity contribution in [2.75, 3.05) is 26.7 Å². The third-order valence-electron chi connectivity index (χ3n) is 5.83. The predicted molar refractivity (Wildman–Crippen MR) is 131 cm³/mol. The first-order chi connectivity index (χ1) is 14.9. The summed E-state index contributed by atoms with van der Waals surface area (Å²) in [4.78, 5) is 16.8. The van der Waals surface area contributed by atoms with Crippen molar-refractivity contribution in [1.29, 1.82) is 0 Å². The van der Waals surface area contributed by atoms with Gasteiger partial charge < -0.3 is 14.1 Å². The van der Waals surface area contributed by atoms with Gasteiger partial charge in [0.1, 0.15) is 15.7 Å². The van der Waals surface area contributed by atoms with E-state index in [1.807, 2.05) is 12.1 Å². The molecule has 1 saturated heterocycles. The van der Waals surface area contributed by atoms with Crippen molar-refractivity contribution in [3.63, 3.8) is 0 Å². The number of hydrogen-bond acceptors (Lipinski definition) is 5. The molecule has 0 radical (unpaired) electrons.